The number of carboxylic acid groups (broad SMARTS) is 1. The zero-order valence-electron chi connectivity index (χ0n) is 16.1. The van der Waals surface area contributed by atoms with E-state index in [0.29, 0.717) is 12.1 Å². The molecular formula is C21H23NO5S. The number of amides is 1. The van der Waals surface area contributed by atoms with Gasteiger partial charge in [-0.25, -0.2) is 8.42 Å². The first-order chi connectivity index (χ1) is 13.0. The van der Waals surface area contributed by atoms with E-state index in [1.807, 2.05) is 43.3 Å². The van der Waals surface area contributed by atoms with Crippen LogP contribution in [0.25, 0.3) is 11.1 Å². The van der Waals surface area contributed by atoms with Crippen LogP contribution in [0.4, 0.5) is 0 Å². The van der Waals surface area contributed by atoms with Crippen molar-refractivity contribution in [3.63, 3.8) is 0 Å². The maximum Gasteiger partial charge on any atom is 0.324 e. The zero-order chi connectivity index (χ0) is 20.7. The second-order valence-corrected chi connectivity index (χ2v) is 9.97. The summed E-state index contributed by atoms with van der Waals surface area (Å²) in [5.74, 6) is -1.60. The van der Waals surface area contributed by atoms with E-state index in [1.54, 1.807) is 6.07 Å². The summed E-state index contributed by atoms with van der Waals surface area (Å²) in [6.45, 7) is 3.61. The van der Waals surface area contributed by atoms with Crippen molar-refractivity contribution in [3.8, 4) is 11.1 Å². The number of carbonyl (C=O) groups excluding carboxylic acids is 1. The van der Waals surface area contributed by atoms with Crippen molar-refractivity contribution in [2.24, 2.45) is 0 Å². The first kappa shape index (κ1) is 20.1. The largest absolute Gasteiger partial charge is 0.480 e. The van der Waals surface area contributed by atoms with E-state index in [0.717, 1.165) is 22.9 Å². The second-order valence-electron chi connectivity index (χ2n) is 7.52. The Bertz CT molecular complexity index is 1040. The molecular weight excluding hydrogens is 378 g/mol. The van der Waals surface area contributed by atoms with Gasteiger partial charge in [0.15, 0.2) is 14.6 Å². The molecule has 0 saturated carbocycles. The Kier molecular flexibility index (Phi) is 5.06. The smallest absolute Gasteiger partial charge is 0.324 e. The van der Waals surface area contributed by atoms with E-state index >= 15 is 0 Å². The molecule has 0 saturated heterocycles. The fraction of sp³-hybridized carbons (Fsp3) is 0.333. The van der Waals surface area contributed by atoms with Gasteiger partial charge in [0.1, 0.15) is 0 Å². The monoisotopic (exact) mass is 401 g/mol. The number of nitrogens with zero attached hydrogens (tertiary/aromatic N) is 1. The van der Waals surface area contributed by atoms with Crippen molar-refractivity contribution >= 4 is 21.7 Å². The summed E-state index contributed by atoms with van der Waals surface area (Å²) in [7, 11) is -3.82. The van der Waals surface area contributed by atoms with Gasteiger partial charge in [-0.1, -0.05) is 35.9 Å². The van der Waals surface area contributed by atoms with Crippen LogP contribution in [0, 0.1) is 6.92 Å². The van der Waals surface area contributed by atoms with E-state index in [9.17, 15) is 23.1 Å². The molecule has 1 N–H and O–H groups in total. The lowest BCUT2D eigenvalue weighted by Crippen LogP contribution is -2.45. The Balaban J connectivity index is 1.80. The summed E-state index contributed by atoms with van der Waals surface area (Å²) in [6.07, 6.45) is 0.751. The SMILES string of the molecule is Cc1ccc(-c2ccc3c(c2)CN(CCC(C)(C(=O)O)S(C)(=O)=O)C3=O)cc1. The fourth-order valence-corrected chi connectivity index (χ4v) is 4.07. The molecule has 0 aromatic heterocycles. The normalized spacial score (nSPS) is 16.0. The molecule has 2 aromatic rings. The molecule has 2 aromatic carbocycles. The molecule has 1 amide bonds. The Morgan fingerprint density at radius 2 is 1.75 bits per heavy atom. The van der Waals surface area contributed by atoms with E-state index in [-0.39, 0.29) is 18.9 Å². The fourth-order valence-electron chi connectivity index (χ4n) is 3.29. The lowest BCUT2D eigenvalue weighted by Gasteiger charge is -2.25. The molecule has 1 atom stereocenters. The molecule has 148 valence electrons. The van der Waals surface area contributed by atoms with Crippen LogP contribution >= 0.6 is 0 Å². The second kappa shape index (κ2) is 7.05. The average Bonchev–Trinajstić information content (AvgIpc) is 2.94. The van der Waals surface area contributed by atoms with Crippen molar-refractivity contribution in [3.05, 3.63) is 59.2 Å². The molecule has 0 fully saturated rings. The van der Waals surface area contributed by atoms with Gasteiger partial charge >= 0.3 is 5.97 Å². The van der Waals surface area contributed by atoms with Crippen LogP contribution in [-0.4, -0.2) is 47.8 Å². The van der Waals surface area contributed by atoms with Crippen LogP contribution in [0.5, 0.6) is 0 Å². The van der Waals surface area contributed by atoms with Gasteiger partial charge in [-0.15, -0.1) is 0 Å². The standard InChI is InChI=1S/C21H23NO5S/c1-14-4-6-15(7-5-14)16-8-9-18-17(12-16)13-22(19(18)23)11-10-21(2,20(24)25)28(3,26)27/h4-9,12H,10-11,13H2,1-3H3,(H,24,25). The van der Waals surface area contributed by atoms with Crippen molar-refractivity contribution in [1.29, 1.82) is 0 Å². The summed E-state index contributed by atoms with van der Waals surface area (Å²) in [4.78, 5) is 25.7. The molecule has 1 aliphatic heterocycles. The summed E-state index contributed by atoms with van der Waals surface area (Å²) in [6, 6.07) is 13.7. The highest BCUT2D eigenvalue weighted by Crippen LogP contribution is 2.30. The highest BCUT2D eigenvalue weighted by atomic mass is 32.2. The zero-order valence-corrected chi connectivity index (χ0v) is 16.9. The van der Waals surface area contributed by atoms with E-state index < -0.39 is 20.6 Å². The van der Waals surface area contributed by atoms with Crippen molar-refractivity contribution in [2.75, 3.05) is 12.8 Å². The van der Waals surface area contributed by atoms with Gasteiger partial charge in [-0.05, 0) is 49.1 Å². The summed E-state index contributed by atoms with van der Waals surface area (Å²) in [5.41, 5.74) is 4.65. The number of carboxylic acids is 1. The molecule has 0 bridgehead atoms. The predicted molar refractivity (Wildman–Crippen MR) is 107 cm³/mol. The minimum Gasteiger partial charge on any atom is -0.480 e. The first-order valence-corrected chi connectivity index (χ1v) is 10.8. The van der Waals surface area contributed by atoms with Crippen LogP contribution in [0.2, 0.25) is 0 Å². The third-order valence-corrected chi connectivity index (χ3v) is 7.51. The van der Waals surface area contributed by atoms with Crippen LogP contribution in [0.3, 0.4) is 0 Å². The van der Waals surface area contributed by atoms with Gasteiger partial charge < -0.3 is 10.0 Å². The molecule has 0 aliphatic carbocycles. The molecule has 1 heterocycles. The third-order valence-electron chi connectivity index (χ3n) is 5.50. The summed E-state index contributed by atoms with van der Waals surface area (Å²) >= 11 is 0. The average molecular weight is 401 g/mol. The topological polar surface area (TPSA) is 91.8 Å². The van der Waals surface area contributed by atoms with Gasteiger partial charge in [0, 0.05) is 24.9 Å². The molecule has 7 heteroatoms. The minimum atomic E-state index is -3.82. The molecule has 6 nitrogen and oxygen atoms in total. The van der Waals surface area contributed by atoms with Gasteiger partial charge in [0.2, 0.25) is 0 Å². The highest BCUT2D eigenvalue weighted by Gasteiger charge is 2.44. The molecule has 3 rings (SSSR count). The Morgan fingerprint density at radius 3 is 2.32 bits per heavy atom. The maximum atomic E-state index is 12.7. The van der Waals surface area contributed by atoms with E-state index in [1.165, 1.54) is 17.4 Å². The number of rotatable bonds is 6. The number of hydrogen-bond donors (Lipinski definition) is 1. The number of aliphatic carboxylic acids is 1. The first-order valence-electron chi connectivity index (χ1n) is 8.95. The van der Waals surface area contributed by atoms with Crippen molar-refractivity contribution in [1.82, 2.24) is 4.90 Å². The van der Waals surface area contributed by atoms with Gasteiger partial charge in [-0.2, -0.15) is 0 Å². The van der Waals surface area contributed by atoms with Crippen LogP contribution < -0.4 is 0 Å². The van der Waals surface area contributed by atoms with Gasteiger partial charge in [0.05, 0.1) is 0 Å². The Morgan fingerprint density at radius 1 is 1.14 bits per heavy atom. The molecule has 0 radical (unpaired) electrons. The number of hydrogen-bond acceptors (Lipinski definition) is 4. The molecule has 1 aliphatic rings. The predicted octanol–water partition coefficient (Wildman–Crippen LogP) is 2.90. The number of fused-ring (bicyclic) bond motifs is 1. The number of carbonyl (C=O) groups is 2. The Labute approximate surface area is 164 Å². The van der Waals surface area contributed by atoms with Crippen LogP contribution in [-0.2, 0) is 21.2 Å². The van der Waals surface area contributed by atoms with Crippen molar-refractivity contribution < 1.29 is 23.1 Å². The molecule has 28 heavy (non-hydrogen) atoms. The minimum absolute atomic E-state index is 0.0588. The van der Waals surface area contributed by atoms with Gasteiger partial charge in [0.25, 0.3) is 5.91 Å². The van der Waals surface area contributed by atoms with Crippen LogP contribution in [0.1, 0.15) is 34.8 Å². The Hall–Kier alpha value is -2.67. The number of aryl methyl sites for hydroxylation is 1. The van der Waals surface area contributed by atoms with E-state index in [4.69, 9.17) is 0 Å². The quantitative estimate of drug-likeness (QED) is 0.804. The number of benzene rings is 2. The lowest BCUT2D eigenvalue weighted by molar-refractivity contribution is -0.139. The highest BCUT2D eigenvalue weighted by molar-refractivity contribution is 7.92. The summed E-state index contributed by atoms with van der Waals surface area (Å²) < 4.78 is 22.0. The van der Waals surface area contributed by atoms with Crippen molar-refractivity contribution in [2.45, 2.75) is 31.6 Å². The number of sulfone groups is 1. The molecule has 0 spiro atoms. The molecule has 1 unspecified atom stereocenters. The third kappa shape index (κ3) is 3.54. The van der Waals surface area contributed by atoms with Crippen LogP contribution in [0.15, 0.2) is 42.5 Å². The van der Waals surface area contributed by atoms with E-state index in [2.05, 4.69) is 0 Å². The lowest BCUT2D eigenvalue weighted by atomic mass is 10.00. The maximum absolute atomic E-state index is 12.7. The summed E-state index contributed by atoms with van der Waals surface area (Å²) in [5, 5.41) is 9.38. The van der Waals surface area contributed by atoms with Gasteiger partial charge in [-0.3, -0.25) is 9.59 Å².